The van der Waals surface area contributed by atoms with Gasteiger partial charge in [-0.1, -0.05) is 18.9 Å². The highest BCUT2D eigenvalue weighted by Crippen LogP contribution is 2.37. The van der Waals surface area contributed by atoms with Crippen molar-refractivity contribution < 1.29 is 0 Å². The Kier molecular flexibility index (Phi) is 3.39. The summed E-state index contributed by atoms with van der Waals surface area (Å²) in [5.74, 6) is 3.05. The molecule has 3 heteroatoms. The number of hydrogen-bond acceptors (Lipinski definition) is 3. The second-order valence-electron chi connectivity index (χ2n) is 5.58. The maximum atomic E-state index is 4.71. The van der Waals surface area contributed by atoms with Crippen molar-refractivity contribution in [1.29, 1.82) is 0 Å². The SMILES string of the molecule is CNc1cccc(N2CCCC2C2CCCC2)n1. The minimum absolute atomic E-state index is 0.743. The average molecular weight is 245 g/mol. The van der Waals surface area contributed by atoms with E-state index in [1.165, 1.54) is 45.1 Å². The van der Waals surface area contributed by atoms with E-state index in [0.29, 0.717) is 0 Å². The Bertz CT molecular complexity index is 398. The summed E-state index contributed by atoms with van der Waals surface area (Å²) < 4.78 is 0. The van der Waals surface area contributed by atoms with Gasteiger partial charge in [-0.05, 0) is 43.7 Å². The van der Waals surface area contributed by atoms with Crippen molar-refractivity contribution in [2.75, 3.05) is 23.8 Å². The first kappa shape index (κ1) is 11.8. The number of nitrogens with zero attached hydrogens (tertiary/aromatic N) is 2. The fourth-order valence-corrected chi connectivity index (χ4v) is 3.63. The number of pyridine rings is 1. The van der Waals surface area contributed by atoms with Gasteiger partial charge in [0.25, 0.3) is 0 Å². The van der Waals surface area contributed by atoms with Crippen LogP contribution in [0.4, 0.5) is 11.6 Å². The molecule has 1 aliphatic carbocycles. The van der Waals surface area contributed by atoms with Gasteiger partial charge in [0.05, 0.1) is 0 Å². The molecule has 3 nitrogen and oxygen atoms in total. The van der Waals surface area contributed by atoms with Crippen LogP contribution in [0.25, 0.3) is 0 Å². The number of hydrogen-bond donors (Lipinski definition) is 1. The summed E-state index contributed by atoms with van der Waals surface area (Å²) in [7, 11) is 1.94. The number of anilines is 2. The number of rotatable bonds is 3. The third-order valence-corrected chi connectivity index (χ3v) is 4.53. The Hall–Kier alpha value is -1.25. The monoisotopic (exact) mass is 245 g/mol. The molecule has 18 heavy (non-hydrogen) atoms. The summed E-state index contributed by atoms with van der Waals surface area (Å²) >= 11 is 0. The molecule has 1 atom stereocenters. The van der Waals surface area contributed by atoms with Crippen molar-refractivity contribution in [1.82, 2.24) is 4.98 Å². The number of aromatic nitrogens is 1. The summed E-state index contributed by atoms with van der Waals surface area (Å²) in [6, 6.07) is 7.04. The van der Waals surface area contributed by atoms with Crippen molar-refractivity contribution in [3.63, 3.8) is 0 Å². The van der Waals surface area contributed by atoms with Gasteiger partial charge in [-0.3, -0.25) is 0 Å². The quantitative estimate of drug-likeness (QED) is 0.885. The second kappa shape index (κ2) is 5.17. The van der Waals surface area contributed by atoms with Crippen LogP contribution in [-0.2, 0) is 0 Å². The predicted octanol–water partition coefficient (Wildman–Crippen LogP) is 3.28. The van der Waals surface area contributed by atoms with Crippen molar-refractivity contribution in [3.8, 4) is 0 Å². The lowest BCUT2D eigenvalue weighted by Gasteiger charge is -2.30. The number of nitrogens with one attached hydrogen (secondary N) is 1. The van der Waals surface area contributed by atoms with Gasteiger partial charge in [-0.2, -0.15) is 0 Å². The Labute approximate surface area is 110 Å². The standard InChI is InChI=1S/C15H23N3/c1-16-14-9-4-10-15(17-14)18-11-5-8-13(18)12-6-2-3-7-12/h4,9-10,12-13H,2-3,5-8,11H2,1H3,(H,16,17). The van der Waals surface area contributed by atoms with Gasteiger partial charge in [0, 0.05) is 19.6 Å². The predicted molar refractivity (Wildman–Crippen MR) is 76.1 cm³/mol. The molecular weight excluding hydrogens is 222 g/mol. The van der Waals surface area contributed by atoms with Gasteiger partial charge in [0.1, 0.15) is 11.6 Å². The van der Waals surface area contributed by atoms with Crippen LogP contribution in [0.15, 0.2) is 18.2 Å². The van der Waals surface area contributed by atoms with Crippen molar-refractivity contribution >= 4 is 11.6 Å². The Morgan fingerprint density at radius 1 is 1.17 bits per heavy atom. The molecule has 0 spiro atoms. The molecule has 1 unspecified atom stereocenters. The van der Waals surface area contributed by atoms with Crippen LogP contribution in [0, 0.1) is 5.92 Å². The first-order valence-corrected chi connectivity index (χ1v) is 7.30. The summed E-state index contributed by atoms with van der Waals surface area (Å²) in [5.41, 5.74) is 0. The highest BCUT2D eigenvalue weighted by molar-refractivity contribution is 5.48. The lowest BCUT2D eigenvalue weighted by atomic mass is 9.96. The molecule has 1 saturated carbocycles. The smallest absolute Gasteiger partial charge is 0.131 e. The average Bonchev–Trinajstić information content (AvgIpc) is 3.09. The minimum atomic E-state index is 0.743. The van der Waals surface area contributed by atoms with Crippen LogP contribution in [-0.4, -0.2) is 24.6 Å². The van der Waals surface area contributed by atoms with Crippen LogP contribution in [0.5, 0.6) is 0 Å². The molecule has 0 bridgehead atoms. The Morgan fingerprint density at radius 2 is 2.00 bits per heavy atom. The van der Waals surface area contributed by atoms with Gasteiger partial charge >= 0.3 is 0 Å². The minimum Gasteiger partial charge on any atom is -0.373 e. The molecule has 3 rings (SSSR count). The highest BCUT2D eigenvalue weighted by atomic mass is 15.2. The summed E-state index contributed by atoms with van der Waals surface area (Å²) in [6.45, 7) is 1.18. The lowest BCUT2D eigenvalue weighted by Crippen LogP contribution is -2.35. The lowest BCUT2D eigenvalue weighted by molar-refractivity contribution is 0.429. The van der Waals surface area contributed by atoms with Crippen LogP contribution in [0.2, 0.25) is 0 Å². The first-order chi connectivity index (χ1) is 8.88. The van der Waals surface area contributed by atoms with E-state index in [9.17, 15) is 0 Å². The third kappa shape index (κ3) is 2.18. The zero-order valence-corrected chi connectivity index (χ0v) is 11.2. The Balaban J connectivity index is 1.80. The van der Waals surface area contributed by atoms with E-state index < -0.39 is 0 Å². The van der Waals surface area contributed by atoms with E-state index in [4.69, 9.17) is 4.98 Å². The molecule has 1 aliphatic heterocycles. The molecule has 0 amide bonds. The zero-order valence-electron chi connectivity index (χ0n) is 11.2. The fourth-order valence-electron chi connectivity index (χ4n) is 3.63. The largest absolute Gasteiger partial charge is 0.373 e. The fraction of sp³-hybridized carbons (Fsp3) is 0.667. The zero-order chi connectivity index (χ0) is 12.4. The molecule has 0 aromatic carbocycles. The third-order valence-electron chi connectivity index (χ3n) is 4.53. The normalized spacial score (nSPS) is 24.7. The molecule has 1 aromatic rings. The molecule has 0 radical (unpaired) electrons. The molecule has 98 valence electrons. The van der Waals surface area contributed by atoms with Crippen LogP contribution >= 0.6 is 0 Å². The van der Waals surface area contributed by atoms with Gasteiger partial charge in [-0.15, -0.1) is 0 Å². The van der Waals surface area contributed by atoms with Crippen LogP contribution in [0.3, 0.4) is 0 Å². The van der Waals surface area contributed by atoms with E-state index in [1.807, 2.05) is 13.1 Å². The maximum Gasteiger partial charge on any atom is 0.131 e. The van der Waals surface area contributed by atoms with Crippen molar-refractivity contribution in [2.45, 2.75) is 44.6 Å². The highest BCUT2D eigenvalue weighted by Gasteiger charge is 2.33. The van der Waals surface area contributed by atoms with Gasteiger partial charge in [-0.25, -0.2) is 4.98 Å². The van der Waals surface area contributed by atoms with E-state index in [-0.39, 0.29) is 0 Å². The first-order valence-electron chi connectivity index (χ1n) is 7.30. The van der Waals surface area contributed by atoms with E-state index in [0.717, 1.165) is 23.6 Å². The van der Waals surface area contributed by atoms with Crippen LogP contribution in [0.1, 0.15) is 38.5 Å². The van der Waals surface area contributed by atoms with Crippen molar-refractivity contribution in [3.05, 3.63) is 18.2 Å². The van der Waals surface area contributed by atoms with Crippen LogP contribution < -0.4 is 10.2 Å². The van der Waals surface area contributed by atoms with Crippen molar-refractivity contribution in [2.24, 2.45) is 5.92 Å². The molecule has 1 saturated heterocycles. The molecule has 2 aliphatic rings. The van der Waals surface area contributed by atoms with E-state index >= 15 is 0 Å². The van der Waals surface area contributed by atoms with Gasteiger partial charge in [0.2, 0.25) is 0 Å². The van der Waals surface area contributed by atoms with E-state index in [2.05, 4.69) is 22.3 Å². The second-order valence-corrected chi connectivity index (χ2v) is 5.58. The van der Waals surface area contributed by atoms with E-state index in [1.54, 1.807) is 0 Å². The summed E-state index contributed by atoms with van der Waals surface area (Å²) in [5, 5.41) is 3.14. The maximum absolute atomic E-state index is 4.71. The Morgan fingerprint density at radius 3 is 2.78 bits per heavy atom. The summed E-state index contributed by atoms with van der Waals surface area (Å²) in [4.78, 5) is 7.26. The molecule has 1 aromatic heterocycles. The molecule has 2 heterocycles. The molecule has 1 N–H and O–H groups in total. The topological polar surface area (TPSA) is 28.2 Å². The molecular formula is C15H23N3. The van der Waals surface area contributed by atoms with Gasteiger partial charge < -0.3 is 10.2 Å². The molecule has 2 fully saturated rings. The van der Waals surface area contributed by atoms with Gasteiger partial charge in [0.15, 0.2) is 0 Å². The summed E-state index contributed by atoms with van der Waals surface area (Å²) in [6.07, 6.45) is 8.39.